The lowest BCUT2D eigenvalue weighted by Gasteiger charge is -2.39. The van der Waals surface area contributed by atoms with Crippen molar-refractivity contribution in [2.75, 3.05) is 0 Å². The van der Waals surface area contributed by atoms with Gasteiger partial charge in [0.05, 0.1) is 5.41 Å². The average Bonchev–Trinajstić information content (AvgIpc) is 3.25. The Labute approximate surface area is 250 Å². The van der Waals surface area contributed by atoms with Gasteiger partial charge in [-0.1, -0.05) is 158 Å². The first-order valence-electron chi connectivity index (χ1n) is 15.5. The van der Waals surface area contributed by atoms with E-state index in [1.807, 2.05) is 0 Å². The number of aryl methyl sites for hydroxylation is 2. The molecule has 3 aromatic carbocycles. The zero-order valence-electron chi connectivity index (χ0n) is 27.4. The van der Waals surface area contributed by atoms with Crippen LogP contribution in [0.25, 0.3) is 5.57 Å². The Kier molecular flexibility index (Phi) is 7.17. The number of rotatable bonds is 4. The third-order valence-electron chi connectivity index (χ3n) is 9.80. The Bertz CT molecular complexity index is 1520. The van der Waals surface area contributed by atoms with Crippen molar-refractivity contribution in [3.05, 3.63) is 135 Å². The monoisotopic (exact) mass is 542 g/mol. The molecule has 0 saturated carbocycles. The molecule has 0 aliphatic heterocycles. The summed E-state index contributed by atoms with van der Waals surface area (Å²) < 4.78 is 0. The van der Waals surface area contributed by atoms with E-state index >= 15 is 0 Å². The zero-order chi connectivity index (χ0) is 30.0. The standard InChI is InChI=1S/C41H50/c1-27(2)40(11)24-32-23-31(30-12-14-33(15-13-30)38(5,6)7)25-41(37(32)26-40,36-21-28(3)20-29(4)22-36)35-18-16-34(17-19-35)39(8,9)10/h12-23,25-27H,24H2,1-11H3. The molecule has 41 heavy (non-hydrogen) atoms. The molecule has 2 aliphatic carbocycles. The largest absolute Gasteiger partial charge is 0.0729 e. The van der Waals surface area contributed by atoms with Crippen LogP contribution >= 0.6 is 0 Å². The first-order valence-corrected chi connectivity index (χ1v) is 15.5. The fourth-order valence-electron chi connectivity index (χ4n) is 6.80. The Morgan fingerprint density at radius 3 is 1.66 bits per heavy atom. The first-order chi connectivity index (χ1) is 19.0. The van der Waals surface area contributed by atoms with Gasteiger partial charge in [-0.3, -0.25) is 0 Å². The van der Waals surface area contributed by atoms with E-state index in [0.717, 1.165) is 6.42 Å². The van der Waals surface area contributed by atoms with Gasteiger partial charge in [-0.25, -0.2) is 0 Å². The van der Waals surface area contributed by atoms with E-state index in [0.29, 0.717) is 5.92 Å². The van der Waals surface area contributed by atoms with E-state index in [-0.39, 0.29) is 21.7 Å². The van der Waals surface area contributed by atoms with Gasteiger partial charge in [0, 0.05) is 0 Å². The minimum absolute atomic E-state index is 0.113. The summed E-state index contributed by atoms with van der Waals surface area (Å²) in [6.07, 6.45) is 8.79. The topological polar surface area (TPSA) is 0 Å². The van der Waals surface area contributed by atoms with Crippen LogP contribution in [0.3, 0.4) is 0 Å². The lowest BCUT2D eigenvalue weighted by atomic mass is 9.63. The Morgan fingerprint density at radius 1 is 0.659 bits per heavy atom. The first kappa shape index (κ1) is 29.4. The van der Waals surface area contributed by atoms with Crippen LogP contribution in [-0.2, 0) is 16.2 Å². The number of fused-ring (bicyclic) bond motifs is 1. The highest BCUT2D eigenvalue weighted by atomic mass is 14.5. The second-order valence-corrected chi connectivity index (χ2v) is 15.5. The summed E-state index contributed by atoms with van der Waals surface area (Å²) in [6, 6.07) is 26.0. The fraction of sp³-hybridized carbons (Fsp3) is 0.415. The summed E-state index contributed by atoms with van der Waals surface area (Å²) in [7, 11) is 0. The average molecular weight is 543 g/mol. The number of hydrogen-bond acceptors (Lipinski definition) is 0. The van der Waals surface area contributed by atoms with Crippen LogP contribution in [0, 0.1) is 25.2 Å². The van der Waals surface area contributed by atoms with E-state index in [1.165, 1.54) is 55.7 Å². The molecule has 214 valence electrons. The van der Waals surface area contributed by atoms with Crippen LogP contribution in [-0.4, -0.2) is 0 Å². The van der Waals surface area contributed by atoms with Crippen molar-refractivity contribution < 1.29 is 0 Å². The van der Waals surface area contributed by atoms with Crippen molar-refractivity contribution in [3.8, 4) is 0 Å². The van der Waals surface area contributed by atoms with Crippen LogP contribution in [0.1, 0.15) is 108 Å². The highest BCUT2D eigenvalue weighted by Crippen LogP contribution is 2.57. The molecule has 0 aromatic heterocycles. The second-order valence-electron chi connectivity index (χ2n) is 15.5. The fourth-order valence-corrected chi connectivity index (χ4v) is 6.80. The molecular weight excluding hydrogens is 492 g/mol. The molecule has 2 aliphatic rings. The molecule has 0 heterocycles. The van der Waals surface area contributed by atoms with Gasteiger partial charge in [0.25, 0.3) is 0 Å². The molecule has 0 N–H and O–H groups in total. The maximum absolute atomic E-state index is 2.63. The maximum Gasteiger partial charge on any atom is 0.0641 e. The third-order valence-corrected chi connectivity index (χ3v) is 9.80. The highest BCUT2D eigenvalue weighted by Gasteiger charge is 2.47. The predicted molar refractivity (Wildman–Crippen MR) is 179 cm³/mol. The molecule has 0 spiro atoms. The van der Waals surface area contributed by atoms with Crippen molar-refractivity contribution in [2.45, 2.75) is 98.8 Å². The lowest BCUT2D eigenvalue weighted by Crippen LogP contribution is -2.31. The molecular formula is C41H50. The Morgan fingerprint density at radius 2 is 1.17 bits per heavy atom. The van der Waals surface area contributed by atoms with Gasteiger partial charge in [-0.2, -0.15) is 0 Å². The van der Waals surface area contributed by atoms with Crippen LogP contribution in [0.4, 0.5) is 0 Å². The SMILES string of the molecule is Cc1cc(C)cc(C2(c3ccc(C(C)(C)C)cc3)C=C(c3ccc(C(C)(C)C)cc3)C=C3CC(C)(C(C)C)C=C32)c1. The molecule has 3 aromatic rings. The molecule has 0 fully saturated rings. The quantitative estimate of drug-likeness (QED) is 0.307. The van der Waals surface area contributed by atoms with Gasteiger partial charge in [0.1, 0.15) is 0 Å². The van der Waals surface area contributed by atoms with Crippen molar-refractivity contribution in [1.29, 1.82) is 0 Å². The van der Waals surface area contributed by atoms with Crippen molar-refractivity contribution in [2.24, 2.45) is 11.3 Å². The second kappa shape index (κ2) is 10.0. The zero-order valence-corrected chi connectivity index (χ0v) is 27.4. The minimum Gasteiger partial charge on any atom is -0.0729 e. The molecule has 0 saturated heterocycles. The van der Waals surface area contributed by atoms with Crippen LogP contribution in [0.5, 0.6) is 0 Å². The summed E-state index contributed by atoms with van der Waals surface area (Å²) in [4.78, 5) is 0. The van der Waals surface area contributed by atoms with E-state index in [9.17, 15) is 0 Å². The molecule has 5 rings (SSSR count). The van der Waals surface area contributed by atoms with E-state index in [2.05, 4.69) is 161 Å². The van der Waals surface area contributed by atoms with Crippen molar-refractivity contribution in [1.82, 2.24) is 0 Å². The molecule has 2 unspecified atom stereocenters. The molecule has 0 amide bonds. The highest BCUT2D eigenvalue weighted by molar-refractivity contribution is 5.84. The van der Waals surface area contributed by atoms with Gasteiger partial charge < -0.3 is 0 Å². The van der Waals surface area contributed by atoms with Gasteiger partial charge in [0.2, 0.25) is 0 Å². The summed E-state index contributed by atoms with van der Waals surface area (Å²) in [5.41, 5.74) is 13.7. The van der Waals surface area contributed by atoms with E-state index in [1.54, 1.807) is 0 Å². The number of benzene rings is 3. The molecule has 2 atom stereocenters. The van der Waals surface area contributed by atoms with Crippen LogP contribution < -0.4 is 0 Å². The number of allylic oxidation sites excluding steroid dienone is 6. The van der Waals surface area contributed by atoms with Gasteiger partial charge >= 0.3 is 0 Å². The van der Waals surface area contributed by atoms with Crippen LogP contribution in [0.2, 0.25) is 0 Å². The van der Waals surface area contributed by atoms with E-state index < -0.39 is 0 Å². The Balaban J connectivity index is 1.83. The molecule has 0 radical (unpaired) electrons. The van der Waals surface area contributed by atoms with Gasteiger partial charge in [0.15, 0.2) is 0 Å². The molecule has 0 bridgehead atoms. The normalized spacial score (nSPS) is 22.8. The van der Waals surface area contributed by atoms with E-state index in [4.69, 9.17) is 0 Å². The van der Waals surface area contributed by atoms with Gasteiger partial charge in [-0.05, 0) is 87.0 Å². The van der Waals surface area contributed by atoms with Crippen molar-refractivity contribution in [3.63, 3.8) is 0 Å². The van der Waals surface area contributed by atoms with Crippen molar-refractivity contribution >= 4 is 5.57 Å². The summed E-state index contributed by atoms with van der Waals surface area (Å²) >= 11 is 0. The third kappa shape index (κ3) is 5.31. The number of hydrogen-bond donors (Lipinski definition) is 0. The van der Waals surface area contributed by atoms with Gasteiger partial charge in [-0.15, -0.1) is 0 Å². The maximum atomic E-state index is 2.63. The summed E-state index contributed by atoms with van der Waals surface area (Å²) in [6.45, 7) is 25.5. The predicted octanol–water partition coefficient (Wildman–Crippen LogP) is 11.2. The minimum atomic E-state index is -0.359. The summed E-state index contributed by atoms with van der Waals surface area (Å²) in [5.74, 6) is 0.552. The lowest BCUT2D eigenvalue weighted by molar-refractivity contribution is 0.308. The van der Waals surface area contributed by atoms with Crippen LogP contribution in [0.15, 0.2) is 96.1 Å². The molecule has 0 heteroatoms. The summed E-state index contributed by atoms with van der Waals surface area (Å²) in [5, 5.41) is 0. The smallest absolute Gasteiger partial charge is 0.0641 e. The Hall–Kier alpha value is -3.12. The molecule has 0 nitrogen and oxygen atoms in total.